The third-order valence-corrected chi connectivity index (χ3v) is 2.67. The van der Waals surface area contributed by atoms with Crippen molar-refractivity contribution in [2.45, 2.75) is 6.10 Å². The maximum absolute atomic E-state index is 11.8. The van der Waals surface area contributed by atoms with E-state index in [0.29, 0.717) is 17.1 Å². The lowest BCUT2D eigenvalue weighted by molar-refractivity contribution is 0.0609. The van der Waals surface area contributed by atoms with Gasteiger partial charge >= 0.3 is 0 Å². The third kappa shape index (κ3) is 4.30. The number of carbonyl (C=O) groups excluding carboxylic acids is 1. The van der Waals surface area contributed by atoms with Crippen molar-refractivity contribution >= 4 is 5.91 Å². The normalized spacial score (nSPS) is 11.9. The summed E-state index contributed by atoms with van der Waals surface area (Å²) in [5.41, 5.74) is 0.958. The molecule has 2 aromatic heterocycles. The number of pyridine rings is 1. The van der Waals surface area contributed by atoms with Gasteiger partial charge in [0, 0.05) is 32.2 Å². The maximum atomic E-state index is 11.8. The number of rotatable bonds is 6. The van der Waals surface area contributed by atoms with E-state index in [9.17, 15) is 9.90 Å². The summed E-state index contributed by atoms with van der Waals surface area (Å²) in [5, 5.41) is 12.0. The quantitative estimate of drug-likeness (QED) is 0.792. The zero-order valence-corrected chi connectivity index (χ0v) is 11.6. The molecule has 1 amide bonds. The molecule has 0 unspecified atom stereocenters. The lowest BCUT2D eigenvalue weighted by atomic mass is 10.3. The number of nitrogens with zero attached hydrogens (tertiary/aromatic N) is 3. The molecule has 2 rings (SSSR count). The van der Waals surface area contributed by atoms with Gasteiger partial charge in [-0.15, -0.1) is 0 Å². The average Bonchev–Trinajstić information content (AvgIpc) is 2.54. The standard InChI is InChI=1S/C14H16N4O3/c1-21-9-11(19)8-18-14(20)10-6-16-13(17-7-10)12-4-2-3-5-15-12/h2-7,11,19H,8-9H2,1H3,(H,18,20)/t11-/m1/s1. The van der Waals surface area contributed by atoms with Gasteiger partial charge < -0.3 is 15.2 Å². The van der Waals surface area contributed by atoms with Crippen molar-refractivity contribution in [3.63, 3.8) is 0 Å². The molecule has 0 aliphatic rings. The number of ether oxygens (including phenoxy) is 1. The number of hydrogen-bond acceptors (Lipinski definition) is 6. The van der Waals surface area contributed by atoms with Crippen LogP contribution in [0.1, 0.15) is 10.4 Å². The highest BCUT2D eigenvalue weighted by atomic mass is 16.5. The van der Waals surface area contributed by atoms with E-state index >= 15 is 0 Å². The Hall–Kier alpha value is -2.38. The summed E-state index contributed by atoms with van der Waals surface area (Å²) < 4.78 is 4.77. The first kappa shape index (κ1) is 15.0. The van der Waals surface area contributed by atoms with Crippen LogP contribution < -0.4 is 5.32 Å². The topological polar surface area (TPSA) is 97.2 Å². The fourth-order valence-electron chi connectivity index (χ4n) is 1.64. The molecule has 7 heteroatoms. The minimum absolute atomic E-state index is 0.106. The highest BCUT2D eigenvalue weighted by molar-refractivity contribution is 5.93. The van der Waals surface area contributed by atoms with Crippen LogP contribution in [0.15, 0.2) is 36.8 Å². The Kier molecular flexibility index (Phi) is 5.30. The van der Waals surface area contributed by atoms with Gasteiger partial charge in [-0.05, 0) is 12.1 Å². The number of nitrogens with one attached hydrogen (secondary N) is 1. The second-order valence-electron chi connectivity index (χ2n) is 4.33. The predicted molar refractivity (Wildman–Crippen MR) is 75.5 cm³/mol. The number of aliphatic hydroxyl groups is 1. The van der Waals surface area contributed by atoms with E-state index in [1.54, 1.807) is 18.3 Å². The highest BCUT2D eigenvalue weighted by Gasteiger charge is 2.10. The van der Waals surface area contributed by atoms with Crippen LogP contribution in [0.3, 0.4) is 0 Å². The van der Waals surface area contributed by atoms with Crippen molar-refractivity contribution in [2.24, 2.45) is 0 Å². The summed E-state index contributed by atoms with van der Waals surface area (Å²) in [7, 11) is 1.48. The van der Waals surface area contributed by atoms with Crippen molar-refractivity contribution < 1.29 is 14.6 Å². The number of carbonyl (C=O) groups is 1. The molecule has 2 aromatic rings. The van der Waals surface area contributed by atoms with Crippen LogP contribution >= 0.6 is 0 Å². The molecule has 0 spiro atoms. The zero-order chi connectivity index (χ0) is 15.1. The largest absolute Gasteiger partial charge is 0.389 e. The van der Waals surface area contributed by atoms with Gasteiger partial charge in [0.05, 0.1) is 18.3 Å². The Labute approximate surface area is 122 Å². The summed E-state index contributed by atoms with van der Waals surface area (Å²) in [6.07, 6.45) is 3.76. The fraction of sp³-hybridized carbons (Fsp3) is 0.286. The van der Waals surface area contributed by atoms with Crippen LogP contribution in [-0.4, -0.2) is 52.3 Å². The molecule has 0 radical (unpaired) electrons. The lowest BCUT2D eigenvalue weighted by Crippen LogP contribution is -2.34. The SMILES string of the molecule is COC[C@H](O)CNC(=O)c1cnc(-c2ccccn2)nc1. The molecule has 2 heterocycles. The average molecular weight is 288 g/mol. The maximum Gasteiger partial charge on any atom is 0.254 e. The number of methoxy groups -OCH3 is 1. The molecule has 0 saturated heterocycles. The first-order valence-electron chi connectivity index (χ1n) is 6.39. The van der Waals surface area contributed by atoms with Crippen LogP contribution in [-0.2, 0) is 4.74 Å². The molecule has 7 nitrogen and oxygen atoms in total. The van der Waals surface area contributed by atoms with Crippen molar-refractivity contribution in [2.75, 3.05) is 20.3 Å². The van der Waals surface area contributed by atoms with E-state index in [-0.39, 0.29) is 19.1 Å². The molecule has 0 aliphatic carbocycles. The van der Waals surface area contributed by atoms with E-state index < -0.39 is 6.10 Å². The second kappa shape index (κ2) is 7.41. The van der Waals surface area contributed by atoms with Gasteiger partial charge in [0.2, 0.25) is 0 Å². The van der Waals surface area contributed by atoms with E-state index in [0.717, 1.165) is 0 Å². The minimum atomic E-state index is -0.743. The van der Waals surface area contributed by atoms with Crippen molar-refractivity contribution in [1.29, 1.82) is 0 Å². The molecule has 1 atom stereocenters. The fourth-order valence-corrected chi connectivity index (χ4v) is 1.64. The smallest absolute Gasteiger partial charge is 0.254 e. The molecule has 0 aromatic carbocycles. The van der Waals surface area contributed by atoms with Gasteiger partial charge in [-0.25, -0.2) is 9.97 Å². The van der Waals surface area contributed by atoms with Gasteiger partial charge in [0.25, 0.3) is 5.91 Å². The molecule has 0 bridgehead atoms. The zero-order valence-electron chi connectivity index (χ0n) is 11.6. The Morgan fingerprint density at radius 3 is 2.71 bits per heavy atom. The number of hydrogen-bond donors (Lipinski definition) is 2. The minimum Gasteiger partial charge on any atom is -0.389 e. The van der Waals surface area contributed by atoms with Crippen LogP contribution in [0.5, 0.6) is 0 Å². The van der Waals surface area contributed by atoms with Gasteiger partial charge in [-0.3, -0.25) is 9.78 Å². The predicted octanol–water partition coefficient (Wildman–Crippen LogP) is 0.276. The number of amides is 1. The van der Waals surface area contributed by atoms with E-state index in [4.69, 9.17) is 4.74 Å². The Morgan fingerprint density at radius 1 is 1.33 bits per heavy atom. The van der Waals surface area contributed by atoms with Crippen molar-refractivity contribution in [1.82, 2.24) is 20.3 Å². The van der Waals surface area contributed by atoms with Crippen LogP contribution in [0.25, 0.3) is 11.5 Å². The Bertz CT molecular complexity index is 575. The molecular formula is C14H16N4O3. The van der Waals surface area contributed by atoms with E-state index in [1.807, 2.05) is 6.07 Å². The first-order chi connectivity index (χ1) is 10.2. The van der Waals surface area contributed by atoms with Crippen LogP contribution in [0.4, 0.5) is 0 Å². The number of aromatic nitrogens is 3. The van der Waals surface area contributed by atoms with E-state index in [1.165, 1.54) is 19.5 Å². The summed E-state index contributed by atoms with van der Waals surface area (Å²) in [4.78, 5) is 24.2. The molecule has 0 aliphatic heterocycles. The molecule has 2 N–H and O–H groups in total. The van der Waals surface area contributed by atoms with Crippen molar-refractivity contribution in [3.05, 3.63) is 42.4 Å². The Balaban J connectivity index is 1.97. The summed E-state index contributed by atoms with van der Waals surface area (Å²) >= 11 is 0. The van der Waals surface area contributed by atoms with Gasteiger partial charge in [-0.2, -0.15) is 0 Å². The van der Waals surface area contributed by atoms with Gasteiger partial charge in [0.1, 0.15) is 5.69 Å². The van der Waals surface area contributed by atoms with E-state index in [2.05, 4.69) is 20.3 Å². The van der Waals surface area contributed by atoms with Gasteiger partial charge in [-0.1, -0.05) is 6.07 Å². The Morgan fingerprint density at radius 2 is 2.10 bits per heavy atom. The molecule has 0 saturated carbocycles. The summed E-state index contributed by atoms with van der Waals surface area (Å²) in [6, 6.07) is 5.43. The second-order valence-corrected chi connectivity index (χ2v) is 4.33. The van der Waals surface area contributed by atoms with Gasteiger partial charge in [0.15, 0.2) is 5.82 Å². The third-order valence-electron chi connectivity index (χ3n) is 2.67. The molecule has 21 heavy (non-hydrogen) atoms. The number of aliphatic hydroxyl groups excluding tert-OH is 1. The molecule has 110 valence electrons. The molecular weight excluding hydrogens is 272 g/mol. The lowest BCUT2D eigenvalue weighted by Gasteiger charge is -2.10. The summed E-state index contributed by atoms with van der Waals surface area (Å²) in [6.45, 7) is 0.268. The van der Waals surface area contributed by atoms with Crippen LogP contribution in [0.2, 0.25) is 0 Å². The van der Waals surface area contributed by atoms with Crippen LogP contribution in [0, 0.1) is 0 Å². The first-order valence-corrected chi connectivity index (χ1v) is 6.39. The molecule has 0 fully saturated rings. The monoisotopic (exact) mass is 288 g/mol. The highest BCUT2D eigenvalue weighted by Crippen LogP contribution is 2.09. The van der Waals surface area contributed by atoms with Crippen molar-refractivity contribution in [3.8, 4) is 11.5 Å². The summed E-state index contributed by atoms with van der Waals surface area (Å²) in [5.74, 6) is 0.101.